The van der Waals surface area contributed by atoms with Gasteiger partial charge in [-0.2, -0.15) is 5.10 Å². The summed E-state index contributed by atoms with van der Waals surface area (Å²) in [6.07, 6.45) is 0.305. The maximum atomic E-state index is 13.1. The topological polar surface area (TPSA) is 69.0 Å². The molecule has 0 aliphatic heterocycles. The third-order valence-corrected chi connectivity index (χ3v) is 2.96. The second kappa shape index (κ2) is 5.90. The van der Waals surface area contributed by atoms with E-state index in [1.807, 2.05) is 0 Å². The van der Waals surface area contributed by atoms with E-state index in [4.69, 9.17) is 0 Å². The molecule has 0 saturated heterocycles. The number of aromatic nitrogens is 2. The van der Waals surface area contributed by atoms with Crippen molar-refractivity contribution in [2.24, 2.45) is 0 Å². The van der Waals surface area contributed by atoms with Crippen LogP contribution in [0.1, 0.15) is 36.7 Å². The summed E-state index contributed by atoms with van der Waals surface area (Å²) in [5.41, 5.74) is 0.318. The molecule has 98 valence electrons. The molecule has 1 aromatic heterocycles. The van der Waals surface area contributed by atoms with E-state index in [-0.39, 0.29) is 31.1 Å². The minimum absolute atomic E-state index is 0. The minimum Gasteiger partial charge on any atom is -0.296 e. The highest BCUT2D eigenvalue weighted by atomic mass is 32.2. The zero-order valence-corrected chi connectivity index (χ0v) is 9.87. The quantitative estimate of drug-likeness (QED) is 0.754. The van der Waals surface area contributed by atoms with Gasteiger partial charge in [-0.3, -0.25) is 9.48 Å². The molecule has 0 fully saturated rings. The van der Waals surface area contributed by atoms with Gasteiger partial charge in [0, 0.05) is 6.26 Å². The zero-order valence-electron chi connectivity index (χ0n) is 9.05. The molecular formula is C10H17FN2O3S. The first-order chi connectivity index (χ1) is 7.33. The normalized spacial score (nSPS) is 12.9. The summed E-state index contributed by atoms with van der Waals surface area (Å²) < 4.78 is 36.3. The van der Waals surface area contributed by atoms with E-state index in [0.29, 0.717) is 6.29 Å². The van der Waals surface area contributed by atoms with Crippen molar-refractivity contribution in [1.29, 1.82) is 0 Å². The molecule has 0 N–H and O–H groups in total. The Labute approximate surface area is 101 Å². The summed E-state index contributed by atoms with van der Waals surface area (Å²) in [7, 11) is -3.13. The highest BCUT2D eigenvalue weighted by Crippen LogP contribution is 2.17. The average molecular weight is 264 g/mol. The van der Waals surface area contributed by atoms with Gasteiger partial charge in [-0.25, -0.2) is 12.8 Å². The molecule has 0 bridgehead atoms. The summed E-state index contributed by atoms with van der Waals surface area (Å²) >= 11 is 0. The number of carbonyl (C=O) groups is 1. The molecule has 0 aromatic carbocycles. The first-order valence-corrected chi connectivity index (χ1v) is 6.74. The van der Waals surface area contributed by atoms with E-state index >= 15 is 0 Å². The van der Waals surface area contributed by atoms with Gasteiger partial charge in [0.25, 0.3) is 0 Å². The fourth-order valence-corrected chi connectivity index (χ4v) is 1.77. The average Bonchev–Trinajstić information content (AvgIpc) is 2.56. The van der Waals surface area contributed by atoms with E-state index < -0.39 is 16.0 Å². The highest BCUT2D eigenvalue weighted by molar-refractivity contribution is 7.90. The molecule has 0 aliphatic carbocycles. The lowest BCUT2D eigenvalue weighted by atomic mass is 10.3. The molecule has 1 unspecified atom stereocenters. The SMILES string of the molecule is C.CC(F)c1cc(C=O)nn1CCS(C)(=O)=O. The molecule has 1 rings (SSSR count). The Bertz CT molecular complexity index is 480. The van der Waals surface area contributed by atoms with Crippen molar-refractivity contribution in [2.75, 3.05) is 12.0 Å². The van der Waals surface area contributed by atoms with Crippen LogP contribution in [-0.2, 0) is 16.4 Å². The predicted octanol–water partition coefficient (Wildman–Crippen LogP) is 1.41. The molecular weight excluding hydrogens is 247 g/mol. The number of aldehydes is 1. The van der Waals surface area contributed by atoms with Crippen molar-refractivity contribution in [3.8, 4) is 0 Å². The lowest BCUT2D eigenvalue weighted by Gasteiger charge is -2.06. The Morgan fingerprint density at radius 2 is 2.18 bits per heavy atom. The van der Waals surface area contributed by atoms with Crippen LogP contribution in [0.5, 0.6) is 0 Å². The summed E-state index contributed by atoms with van der Waals surface area (Å²) in [5, 5.41) is 3.80. The Hall–Kier alpha value is -1.24. The molecule has 7 heteroatoms. The summed E-state index contributed by atoms with van der Waals surface area (Å²) in [6.45, 7) is 1.36. The lowest BCUT2D eigenvalue weighted by molar-refractivity contribution is 0.111. The first kappa shape index (κ1) is 15.8. The largest absolute Gasteiger partial charge is 0.296 e. The predicted molar refractivity (Wildman–Crippen MR) is 63.6 cm³/mol. The standard InChI is InChI=1S/C9H13FN2O3S.CH4/c1-7(10)9-5-8(6-13)11-12(9)3-4-16(2,14)15;/h5-7H,3-4H2,1-2H3;1H4. The number of rotatable bonds is 5. The molecule has 17 heavy (non-hydrogen) atoms. The van der Waals surface area contributed by atoms with Crippen molar-refractivity contribution in [2.45, 2.75) is 27.1 Å². The van der Waals surface area contributed by atoms with Gasteiger partial charge in [-0.15, -0.1) is 0 Å². The van der Waals surface area contributed by atoms with Gasteiger partial charge in [-0.1, -0.05) is 7.43 Å². The van der Waals surface area contributed by atoms with Crippen LogP contribution in [0.4, 0.5) is 4.39 Å². The van der Waals surface area contributed by atoms with Gasteiger partial charge >= 0.3 is 0 Å². The van der Waals surface area contributed by atoms with E-state index in [2.05, 4.69) is 5.10 Å². The molecule has 0 radical (unpaired) electrons. The number of hydrogen-bond acceptors (Lipinski definition) is 4. The van der Waals surface area contributed by atoms with Crippen molar-refractivity contribution in [1.82, 2.24) is 9.78 Å². The molecule has 1 heterocycles. The van der Waals surface area contributed by atoms with Crippen molar-refractivity contribution in [3.05, 3.63) is 17.5 Å². The van der Waals surface area contributed by atoms with E-state index in [0.717, 1.165) is 6.26 Å². The van der Waals surface area contributed by atoms with Crippen LogP contribution in [0.3, 0.4) is 0 Å². The summed E-state index contributed by atoms with van der Waals surface area (Å²) in [5.74, 6) is -0.132. The Morgan fingerprint density at radius 3 is 2.59 bits per heavy atom. The van der Waals surface area contributed by atoms with Gasteiger partial charge in [0.15, 0.2) is 6.29 Å². The highest BCUT2D eigenvalue weighted by Gasteiger charge is 2.14. The van der Waals surface area contributed by atoms with Crippen LogP contribution in [0, 0.1) is 0 Å². The Morgan fingerprint density at radius 1 is 1.59 bits per heavy atom. The van der Waals surface area contributed by atoms with Crippen molar-refractivity contribution >= 4 is 16.1 Å². The zero-order chi connectivity index (χ0) is 12.3. The number of aryl methyl sites for hydroxylation is 1. The van der Waals surface area contributed by atoms with Crippen molar-refractivity contribution in [3.63, 3.8) is 0 Å². The second-order valence-electron chi connectivity index (χ2n) is 3.58. The number of alkyl halides is 1. The fourth-order valence-electron chi connectivity index (χ4n) is 1.26. The number of nitrogens with zero attached hydrogens (tertiary/aromatic N) is 2. The summed E-state index contributed by atoms with van der Waals surface area (Å²) in [4.78, 5) is 10.5. The van der Waals surface area contributed by atoms with Gasteiger partial charge in [-0.05, 0) is 13.0 Å². The number of halogens is 1. The Kier molecular flexibility index (Phi) is 5.47. The van der Waals surface area contributed by atoms with Gasteiger partial charge < -0.3 is 0 Å². The van der Waals surface area contributed by atoms with E-state index in [9.17, 15) is 17.6 Å². The van der Waals surface area contributed by atoms with Crippen LogP contribution < -0.4 is 0 Å². The lowest BCUT2D eigenvalue weighted by Crippen LogP contribution is -2.14. The third-order valence-electron chi connectivity index (χ3n) is 2.03. The molecule has 0 saturated carbocycles. The number of sulfone groups is 1. The van der Waals surface area contributed by atoms with Gasteiger partial charge in [0.2, 0.25) is 0 Å². The number of carbonyl (C=O) groups excluding carboxylic acids is 1. The number of hydrogen-bond donors (Lipinski definition) is 0. The smallest absolute Gasteiger partial charge is 0.170 e. The monoisotopic (exact) mass is 264 g/mol. The minimum atomic E-state index is -3.13. The fraction of sp³-hybridized carbons (Fsp3) is 0.600. The second-order valence-corrected chi connectivity index (χ2v) is 5.84. The molecule has 0 spiro atoms. The van der Waals surface area contributed by atoms with E-state index in [1.165, 1.54) is 17.7 Å². The summed E-state index contributed by atoms with van der Waals surface area (Å²) in [6, 6.07) is 1.32. The van der Waals surface area contributed by atoms with Gasteiger partial charge in [0.1, 0.15) is 21.7 Å². The van der Waals surface area contributed by atoms with Crippen LogP contribution in [0.25, 0.3) is 0 Å². The maximum Gasteiger partial charge on any atom is 0.170 e. The first-order valence-electron chi connectivity index (χ1n) is 4.68. The Balaban J connectivity index is 0.00000256. The molecule has 1 aromatic rings. The third kappa shape index (κ3) is 4.64. The van der Waals surface area contributed by atoms with Gasteiger partial charge in [0.05, 0.1) is 18.0 Å². The van der Waals surface area contributed by atoms with Crippen LogP contribution >= 0.6 is 0 Å². The molecule has 1 atom stereocenters. The van der Waals surface area contributed by atoms with Crippen LogP contribution in [0.2, 0.25) is 0 Å². The maximum absolute atomic E-state index is 13.1. The van der Waals surface area contributed by atoms with Crippen LogP contribution in [-0.4, -0.2) is 36.5 Å². The van der Waals surface area contributed by atoms with E-state index in [1.54, 1.807) is 0 Å². The molecule has 0 aliphatic rings. The van der Waals surface area contributed by atoms with Crippen molar-refractivity contribution < 1.29 is 17.6 Å². The molecule has 5 nitrogen and oxygen atoms in total. The molecule has 0 amide bonds. The van der Waals surface area contributed by atoms with Crippen LogP contribution in [0.15, 0.2) is 6.07 Å².